The molecule has 1 rings (SSSR count). The lowest BCUT2D eigenvalue weighted by atomic mass is 10.3. The summed E-state index contributed by atoms with van der Waals surface area (Å²) in [6.07, 6.45) is 5.51. The Morgan fingerprint density at radius 3 is 2.75 bits per heavy atom. The van der Waals surface area contributed by atoms with Crippen molar-refractivity contribution in [2.45, 2.75) is 12.1 Å². The van der Waals surface area contributed by atoms with Gasteiger partial charge in [-0.15, -0.1) is 0 Å². The first-order chi connectivity index (χ1) is 5.76. The number of thioether (sulfide) groups is 1. The van der Waals surface area contributed by atoms with Crippen molar-refractivity contribution >= 4 is 11.8 Å². The van der Waals surface area contributed by atoms with E-state index in [1.807, 2.05) is 18.4 Å². The van der Waals surface area contributed by atoms with Crippen LogP contribution in [0.3, 0.4) is 0 Å². The van der Waals surface area contributed by atoms with Gasteiger partial charge in [0.2, 0.25) is 0 Å². The summed E-state index contributed by atoms with van der Waals surface area (Å²) in [6, 6.07) is 0. The third-order valence-electron chi connectivity index (χ3n) is 1.75. The summed E-state index contributed by atoms with van der Waals surface area (Å²) in [5.74, 6) is 0.194. The zero-order valence-electron chi connectivity index (χ0n) is 7.57. The van der Waals surface area contributed by atoms with Gasteiger partial charge in [-0.2, -0.15) is 11.8 Å². The molecule has 2 atom stereocenters. The van der Waals surface area contributed by atoms with Crippen molar-refractivity contribution in [2.75, 3.05) is 26.2 Å². The van der Waals surface area contributed by atoms with Crippen molar-refractivity contribution in [3.63, 3.8) is 0 Å². The van der Waals surface area contributed by atoms with Crippen LogP contribution in [0.15, 0.2) is 12.2 Å². The minimum Gasteiger partial charge on any atom is -0.352 e. The van der Waals surface area contributed by atoms with Crippen LogP contribution < -0.4 is 0 Å². The highest BCUT2D eigenvalue weighted by Gasteiger charge is 2.35. The van der Waals surface area contributed by atoms with Gasteiger partial charge in [-0.1, -0.05) is 0 Å². The minimum absolute atomic E-state index is 0.267. The molecule has 0 spiro atoms. The second kappa shape index (κ2) is 4.28. The molecule has 0 fully saturated rings. The molecule has 0 N–H and O–H groups in total. The Morgan fingerprint density at radius 2 is 2.33 bits per heavy atom. The molecule has 0 saturated heterocycles. The summed E-state index contributed by atoms with van der Waals surface area (Å²) in [5, 5.41) is 0. The van der Waals surface area contributed by atoms with Crippen molar-refractivity contribution in [2.24, 2.45) is 0 Å². The number of hydrogen-bond acceptors (Lipinski definition) is 4. The van der Waals surface area contributed by atoms with Crippen LogP contribution in [0.4, 0.5) is 0 Å². The van der Waals surface area contributed by atoms with Crippen LogP contribution in [0.5, 0.6) is 0 Å². The molecule has 0 radical (unpaired) electrons. The molecule has 12 heavy (non-hydrogen) atoms. The number of hydrogen-bond donors (Lipinski definition) is 0. The highest BCUT2D eigenvalue weighted by molar-refractivity contribution is 7.98. The van der Waals surface area contributed by atoms with E-state index in [9.17, 15) is 0 Å². The fourth-order valence-electron chi connectivity index (χ4n) is 1.09. The second-order valence-electron chi connectivity index (χ2n) is 2.53. The smallest absolute Gasteiger partial charge is 0.200 e. The molecule has 0 aromatic rings. The van der Waals surface area contributed by atoms with Crippen molar-refractivity contribution in [3.05, 3.63) is 12.2 Å². The molecule has 0 amide bonds. The average molecular weight is 190 g/mol. The first-order valence-electron chi connectivity index (χ1n) is 3.70. The van der Waals surface area contributed by atoms with Crippen LogP contribution in [0.1, 0.15) is 0 Å². The Bertz CT molecular complexity index is 172. The maximum absolute atomic E-state index is 5.51. The lowest BCUT2D eigenvalue weighted by molar-refractivity contribution is -0.229. The zero-order chi connectivity index (χ0) is 9.03. The van der Waals surface area contributed by atoms with E-state index in [1.54, 1.807) is 26.0 Å². The third-order valence-corrected chi connectivity index (χ3v) is 2.44. The van der Waals surface area contributed by atoms with Crippen LogP contribution in [-0.2, 0) is 14.2 Å². The summed E-state index contributed by atoms with van der Waals surface area (Å²) in [7, 11) is 3.25. The second-order valence-corrected chi connectivity index (χ2v) is 3.40. The van der Waals surface area contributed by atoms with Crippen LogP contribution in [-0.4, -0.2) is 38.3 Å². The monoisotopic (exact) mass is 190 g/mol. The van der Waals surface area contributed by atoms with E-state index in [-0.39, 0.29) is 6.29 Å². The molecular weight excluding hydrogens is 176 g/mol. The molecule has 1 heterocycles. The minimum atomic E-state index is -0.583. The molecule has 1 aliphatic rings. The zero-order valence-corrected chi connectivity index (χ0v) is 8.39. The van der Waals surface area contributed by atoms with Crippen LogP contribution in [0.2, 0.25) is 0 Å². The van der Waals surface area contributed by atoms with Crippen LogP contribution in [0.25, 0.3) is 0 Å². The van der Waals surface area contributed by atoms with Gasteiger partial charge >= 0.3 is 0 Å². The summed E-state index contributed by atoms with van der Waals surface area (Å²) < 4.78 is 15.8. The quantitative estimate of drug-likeness (QED) is 0.624. The van der Waals surface area contributed by atoms with Gasteiger partial charge in [-0.05, 0) is 18.4 Å². The average Bonchev–Trinajstić information content (AvgIpc) is 2.50. The van der Waals surface area contributed by atoms with Gasteiger partial charge in [-0.25, -0.2) is 0 Å². The number of rotatable bonds is 4. The van der Waals surface area contributed by atoms with E-state index >= 15 is 0 Å². The van der Waals surface area contributed by atoms with E-state index in [1.165, 1.54) is 0 Å². The van der Waals surface area contributed by atoms with Crippen molar-refractivity contribution < 1.29 is 14.2 Å². The normalized spacial score (nSPS) is 34.4. The lowest BCUT2D eigenvalue weighted by Crippen LogP contribution is -2.34. The van der Waals surface area contributed by atoms with Crippen molar-refractivity contribution in [1.82, 2.24) is 0 Å². The fourth-order valence-corrected chi connectivity index (χ4v) is 1.77. The summed E-state index contributed by atoms with van der Waals surface area (Å²) in [5.41, 5.74) is 0. The molecule has 4 heteroatoms. The van der Waals surface area contributed by atoms with Gasteiger partial charge in [-0.3, -0.25) is 0 Å². The van der Waals surface area contributed by atoms with Gasteiger partial charge in [0.25, 0.3) is 0 Å². The van der Waals surface area contributed by atoms with Crippen molar-refractivity contribution in [3.8, 4) is 0 Å². The van der Waals surface area contributed by atoms with E-state index in [4.69, 9.17) is 14.2 Å². The van der Waals surface area contributed by atoms with Crippen molar-refractivity contribution in [1.29, 1.82) is 0 Å². The largest absolute Gasteiger partial charge is 0.352 e. The first kappa shape index (κ1) is 10.1. The van der Waals surface area contributed by atoms with Crippen LogP contribution in [0, 0.1) is 0 Å². The first-order valence-corrected chi connectivity index (χ1v) is 5.10. The van der Waals surface area contributed by atoms with E-state index in [2.05, 4.69) is 0 Å². The molecule has 2 unspecified atom stereocenters. The Morgan fingerprint density at radius 1 is 1.58 bits per heavy atom. The number of ether oxygens (including phenoxy) is 3. The molecule has 0 aromatic heterocycles. The molecule has 1 aliphatic heterocycles. The summed E-state index contributed by atoms with van der Waals surface area (Å²) in [6.45, 7) is 0. The maximum Gasteiger partial charge on any atom is 0.200 e. The number of methoxy groups -OCH3 is 2. The van der Waals surface area contributed by atoms with Gasteiger partial charge in [0.15, 0.2) is 12.1 Å². The van der Waals surface area contributed by atoms with Gasteiger partial charge in [0.05, 0.1) is 5.75 Å². The predicted molar refractivity (Wildman–Crippen MR) is 49.1 cm³/mol. The highest BCUT2D eigenvalue weighted by Crippen LogP contribution is 2.27. The maximum atomic E-state index is 5.51. The molecule has 3 nitrogen and oxygen atoms in total. The van der Waals surface area contributed by atoms with E-state index < -0.39 is 5.79 Å². The van der Waals surface area contributed by atoms with Gasteiger partial charge in [0.1, 0.15) is 0 Å². The molecule has 0 bridgehead atoms. The van der Waals surface area contributed by atoms with E-state index in [0.29, 0.717) is 0 Å². The fraction of sp³-hybridized carbons (Fsp3) is 0.750. The predicted octanol–water partition coefficient (Wildman–Crippen LogP) is 1.25. The molecule has 0 aromatic carbocycles. The van der Waals surface area contributed by atoms with Gasteiger partial charge < -0.3 is 14.2 Å². The Balaban J connectivity index is 2.55. The molecular formula is C8H14O3S. The molecule has 0 saturated carbocycles. The summed E-state index contributed by atoms with van der Waals surface area (Å²) >= 11 is 1.68. The standard InChI is InChI=1S/C8H14O3S/c1-9-7-4-5-8(10-2,11-7)6-12-3/h4-5,7H,6H2,1-3H3. The Kier molecular flexibility index (Phi) is 3.58. The van der Waals surface area contributed by atoms with Crippen LogP contribution >= 0.6 is 11.8 Å². The molecule has 70 valence electrons. The SMILES string of the molecule is COC1C=CC(CSC)(OC)O1. The third kappa shape index (κ3) is 2.01. The summed E-state index contributed by atoms with van der Waals surface area (Å²) in [4.78, 5) is 0. The lowest BCUT2D eigenvalue weighted by Gasteiger charge is -2.25. The van der Waals surface area contributed by atoms with Gasteiger partial charge in [0, 0.05) is 14.2 Å². The topological polar surface area (TPSA) is 27.7 Å². The highest BCUT2D eigenvalue weighted by atomic mass is 32.2. The molecule has 0 aliphatic carbocycles. The Hall–Kier alpha value is -0.0300. The Labute approximate surface area is 77.1 Å². The van der Waals surface area contributed by atoms with E-state index in [0.717, 1.165) is 5.75 Å².